The zero-order valence-corrected chi connectivity index (χ0v) is 17.5. The molecule has 4 aliphatic rings. The number of allylic oxidation sites excluding steroid dienone is 1. The first-order valence-electron chi connectivity index (χ1n) is 10.3. The number of fused-ring (bicyclic) bond motifs is 4. The van der Waals surface area contributed by atoms with Gasteiger partial charge in [-0.2, -0.15) is 0 Å². The summed E-state index contributed by atoms with van der Waals surface area (Å²) in [4.78, 5) is 16.9. The second-order valence-electron chi connectivity index (χ2n) is 9.01. The van der Waals surface area contributed by atoms with Crippen molar-refractivity contribution in [2.45, 2.75) is 31.8 Å². The number of aromatic nitrogens is 1. The summed E-state index contributed by atoms with van der Waals surface area (Å²) < 4.78 is 11.4. The number of aliphatic hydroxyl groups excluding tert-OH is 1. The first kappa shape index (κ1) is 18.7. The van der Waals surface area contributed by atoms with E-state index in [1.54, 1.807) is 7.11 Å². The average Bonchev–Trinajstić information content (AvgIpc) is 3.10. The highest BCUT2D eigenvalue weighted by Gasteiger charge is 2.71. The Labute approximate surface area is 170 Å². The Morgan fingerprint density at radius 2 is 2.21 bits per heavy atom. The van der Waals surface area contributed by atoms with Gasteiger partial charge in [0.05, 0.1) is 33.6 Å². The largest absolute Gasteiger partial charge is 0.497 e. The molecule has 5 atom stereocenters. The van der Waals surface area contributed by atoms with Crippen LogP contribution in [0.25, 0.3) is 10.9 Å². The molecule has 0 saturated carbocycles. The Kier molecular flexibility index (Phi) is 3.93. The van der Waals surface area contributed by atoms with E-state index >= 15 is 0 Å². The fourth-order valence-corrected chi connectivity index (χ4v) is 6.78. The van der Waals surface area contributed by atoms with Crippen molar-refractivity contribution in [3.8, 4) is 5.75 Å². The van der Waals surface area contributed by atoms with E-state index in [0.717, 1.165) is 35.1 Å². The zero-order chi connectivity index (χ0) is 20.6. The van der Waals surface area contributed by atoms with E-state index in [1.807, 2.05) is 19.1 Å². The molecule has 29 heavy (non-hydrogen) atoms. The van der Waals surface area contributed by atoms with Crippen molar-refractivity contribution < 1.29 is 23.9 Å². The van der Waals surface area contributed by atoms with Crippen LogP contribution in [0.2, 0.25) is 0 Å². The van der Waals surface area contributed by atoms with Gasteiger partial charge in [0.1, 0.15) is 29.8 Å². The molecule has 3 saturated heterocycles. The normalized spacial score (nSPS) is 36.3. The maximum absolute atomic E-state index is 13.2. The molecule has 3 fully saturated rings. The summed E-state index contributed by atoms with van der Waals surface area (Å²) in [6, 6.07) is 6.40. The van der Waals surface area contributed by atoms with Crippen molar-refractivity contribution in [1.82, 2.24) is 4.98 Å². The van der Waals surface area contributed by atoms with Gasteiger partial charge in [0.2, 0.25) is 0 Å². The molecule has 4 bridgehead atoms. The number of ether oxygens (including phenoxy) is 2. The van der Waals surface area contributed by atoms with Gasteiger partial charge >= 0.3 is 5.97 Å². The number of esters is 1. The van der Waals surface area contributed by atoms with Crippen LogP contribution in [0.1, 0.15) is 30.6 Å². The van der Waals surface area contributed by atoms with Crippen molar-refractivity contribution in [1.29, 1.82) is 0 Å². The number of benzene rings is 1. The highest BCUT2D eigenvalue weighted by Crippen LogP contribution is 2.62. The smallest absolute Gasteiger partial charge is 0.320 e. The first-order chi connectivity index (χ1) is 13.9. The summed E-state index contributed by atoms with van der Waals surface area (Å²) in [5.41, 5.74) is 4.00. The molecule has 0 radical (unpaired) electrons. The van der Waals surface area contributed by atoms with Crippen LogP contribution in [0.5, 0.6) is 5.75 Å². The SMILES string of the molecule is C/C=C1/C[N+]2(C)[C@H]3C[C@@H]1[C@](CO)(C(=O)OC)[C@@H]2Cc1c3[nH]c2cc(OC)ccc12. The Hall–Kier alpha value is -2.31. The minimum atomic E-state index is -0.895. The molecule has 154 valence electrons. The third-order valence-electron chi connectivity index (χ3n) is 8.15. The molecule has 2 aromatic rings. The monoisotopic (exact) mass is 397 g/mol. The molecule has 6 heteroatoms. The standard InChI is InChI=1S/C23H29N2O4/c1-5-13-11-25(2)19-10-17(13)23(12-26,22(27)29-4)20(25)9-16-15-7-6-14(28-3)8-18(15)24-21(16)19/h5-8,17,19-20,24,26H,9-12H2,1-4H3/q+1/b13-5-/t17-,19-,20-,23-,25?/m0/s1. The summed E-state index contributed by atoms with van der Waals surface area (Å²) in [6.07, 6.45) is 3.72. The van der Waals surface area contributed by atoms with Crippen molar-refractivity contribution in [2.75, 3.05) is 34.4 Å². The van der Waals surface area contributed by atoms with Gasteiger partial charge in [-0.3, -0.25) is 4.79 Å². The molecule has 1 aromatic carbocycles. The van der Waals surface area contributed by atoms with Gasteiger partial charge in [-0.05, 0) is 30.2 Å². The number of aromatic amines is 1. The fourth-order valence-electron chi connectivity index (χ4n) is 6.78. The van der Waals surface area contributed by atoms with E-state index in [9.17, 15) is 9.90 Å². The molecule has 0 amide bonds. The minimum Gasteiger partial charge on any atom is -0.497 e. The van der Waals surface area contributed by atoms with Crippen LogP contribution in [0.4, 0.5) is 0 Å². The molecule has 6 nitrogen and oxygen atoms in total. The Morgan fingerprint density at radius 1 is 1.41 bits per heavy atom. The van der Waals surface area contributed by atoms with Crippen molar-refractivity contribution in [3.05, 3.63) is 41.1 Å². The number of carbonyl (C=O) groups is 1. The van der Waals surface area contributed by atoms with Crippen molar-refractivity contribution >= 4 is 16.9 Å². The Bertz CT molecular complexity index is 1040. The van der Waals surface area contributed by atoms with Gasteiger partial charge in [-0.15, -0.1) is 0 Å². The number of nitrogens with zero attached hydrogens (tertiary/aromatic N) is 1. The molecule has 5 heterocycles. The summed E-state index contributed by atoms with van der Waals surface area (Å²) in [6.45, 7) is 2.77. The van der Waals surface area contributed by atoms with Gasteiger partial charge in [-0.25, -0.2) is 0 Å². The van der Waals surface area contributed by atoms with E-state index in [1.165, 1.54) is 29.3 Å². The van der Waals surface area contributed by atoms with Crippen LogP contribution in [-0.4, -0.2) is 61.0 Å². The predicted octanol–water partition coefficient (Wildman–Crippen LogP) is 2.72. The van der Waals surface area contributed by atoms with Crippen molar-refractivity contribution in [2.24, 2.45) is 11.3 Å². The third-order valence-corrected chi connectivity index (χ3v) is 8.15. The van der Waals surface area contributed by atoms with Crippen LogP contribution in [0, 0.1) is 11.3 Å². The van der Waals surface area contributed by atoms with Crippen LogP contribution < -0.4 is 4.74 Å². The first-order valence-corrected chi connectivity index (χ1v) is 10.3. The molecular weight excluding hydrogens is 368 g/mol. The number of aliphatic hydroxyl groups is 1. The predicted molar refractivity (Wildman–Crippen MR) is 110 cm³/mol. The maximum Gasteiger partial charge on any atom is 0.320 e. The van der Waals surface area contributed by atoms with Crippen LogP contribution >= 0.6 is 0 Å². The number of H-pyrrole nitrogens is 1. The van der Waals surface area contributed by atoms with E-state index in [-0.39, 0.29) is 30.6 Å². The summed E-state index contributed by atoms with van der Waals surface area (Å²) in [5.74, 6) is 0.563. The summed E-state index contributed by atoms with van der Waals surface area (Å²) >= 11 is 0. The van der Waals surface area contributed by atoms with Crippen LogP contribution in [0.3, 0.4) is 0 Å². The molecule has 4 aliphatic heterocycles. The average molecular weight is 397 g/mol. The molecule has 2 N–H and O–H groups in total. The fraction of sp³-hybridized carbons (Fsp3) is 0.522. The van der Waals surface area contributed by atoms with Crippen LogP contribution in [-0.2, 0) is 16.0 Å². The van der Waals surface area contributed by atoms with Gasteiger partial charge in [0.15, 0.2) is 0 Å². The zero-order valence-electron chi connectivity index (χ0n) is 17.5. The number of piperidine rings is 3. The van der Waals surface area contributed by atoms with Gasteiger partial charge in [0.25, 0.3) is 0 Å². The molecule has 1 unspecified atom stereocenters. The lowest BCUT2D eigenvalue weighted by Crippen LogP contribution is -2.76. The third kappa shape index (κ3) is 2.11. The summed E-state index contributed by atoms with van der Waals surface area (Å²) in [5, 5.41) is 11.8. The Balaban J connectivity index is 1.75. The van der Waals surface area contributed by atoms with E-state index in [2.05, 4.69) is 24.2 Å². The highest BCUT2D eigenvalue weighted by atomic mass is 16.5. The second-order valence-corrected chi connectivity index (χ2v) is 9.01. The van der Waals surface area contributed by atoms with Gasteiger partial charge in [-0.1, -0.05) is 6.08 Å². The lowest BCUT2D eigenvalue weighted by Gasteiger charge is -2.66. The molecule has 6 rings (SSSR count). The second kappa shape index (κ2) is 6.09. The van der Waals surface area contributed by atoms with Gasteiger partial charge in [0, 0.05) is 35.7 Å². The van der Waals surface area contributed by atoms with Crippen LogP contribution in [0.15, 0.2) is 29.8 Å². The van der Waals surface area contributed by atoms with E-state index < -0.39 is 5.41 Å². The number of hydrogen-bond donors (Lipinski definition) is 2. The summed E-state index contributed by atoms with van der Waals surface area (Å²) in [7, 11) is 5.37. The maximum atomic E-state index is 13.2. The number of carbonyl (C=O) groups excluding carboxylic acids is 1. The number of quaternary nitrogens is 1. The van der Waals surface area contributed by atoms with Crippen molar-refractivity contribution in [3.63, 3.8) is 0 Å². The minimum absolute atomic E-state index is 0.00833. The molecular formula is C23H29N2O4+. The number of rotatable bonds is 3. The number of nitrogens with one attached hydrogen (secondary N) is 1. The van der Waals surface area contributed by atoms with Gasteiger partial charge < -0.3 is 24.0 Å². The molecule has 1 aromatic heterocycles. The lowest BCUT2D eigenvalue weighted by atomic mass is 9.54. The Morgan fingerprint density at radius 3 is 2.86 bits per heavy atom. The topological polar surface area (TPSA) is 71.5 Å². The quantitative estimate of drug-likeness (QED) is 0.475. The number of likely N-dealkylation sites (N-methyl/N-ethyl adjacent to an activating group) is 1. The lowest BCUT2D eigenvalue weighted by molar-refractivity contribution is -0.981. The van der Waals surface area contributed by atoms with E-state index in [4.69, 9.17) is 9.47 Å². The van der Waals surface area contributed by atoms with E-state index in [0.29, 0.717) is 0 Å². The highest BCUT2D eigenvalue weighted by molar-refractivity contribution is 5.87. The molecule has 0 spiro atoms. The number of methoxy groups -OCH3 is 2. The number of hydrogen-bond acceptors (Lipinski definition) is 4. The molecule has 0 aliphatic carbocycles.